The maximum atomic E-state index is 12.9. The third-order valence-corrected chi connectivity index (χ3v) is 6.24. The molecule has 1 aromatic heterocycles. The van der Waals surface area contributed by atoms with E-state index < -0.39 is 0 Å². The summed E-state index contributed by atoms with van der Waals surface area (Å²) < 4.78 is 12.5. The van der Waals surface area contributed by atoms with E-state index in [-0.39, 0.29) is 5.91 Å². The normalized spacial score (nSPS) is 25.2. The lowest BCUT2D eigenvalue weighted by Crippen LogP contribution is -2.48. The van der Waals surface area contributed by atoms with E-state index in [9.17, 15) is 4.79 Å². The van der Waals surface area contributed by atoms with E-state index in [2.05, 4.69) is 34.7 Å². The molecule has 1 aromatic carbocycles. The van der Waals surface area contributed by atoms with Crippen LogP contribution in [0.15, 0.2) is 33.2 Å². The van der Waals surface area contributed by atoms with Crippen LogP contribution in [0.1, 0.15) is 37.2 Å². The maximum Gasteiger partial charge on any atom is 0.289 e. The SMILES string of the molecule is CC1CN(CC2CCN(C(=O)c3cc4cccc(Br)c4o3)CC2)CC(C)O1. The van der Waals surface area contributed by atoms with Crippen LogP contribution in [0.5, 0.6) is 0 Å². The van der Waals surface area contributed by atoms with Crippen LogP contribution in [0.25, 0.3) is 11.0 Å². The van der Waals surface area contributed by atoms with E-state index in [0.717, 1.165) is 61.0 Å². The van der Waals surface area contributed by atoms with E-state index in [0.29, 0.717) is 23.9 Å². The highest BCUT2D eigenvalue weighted by atomic mass is 79.9. The number of morpholine rings is 1. The Hall–Kier alpha value is -1.37. The first-order chi connectivity index (χ1) is 13.0. The molecule has 0 radical (unpaired) electrons. The molecule has 0 N–H and O–H groups in total. The number of carbonyl (C=O) groups excluding carboxylic acids is 1. The van der Waals surface area contributed by atoms with Crippen molar-refractivity contribution >= 4 is 32.8 Å². The van der Waals surface area contributed by atoms with Crippen LogP contribution in [-0.2, 0) is 4.74 Å². The molecule has 0 aliphatic carbocycles. The monoisotopic (exact) mass is 434 g/mol. The van der Waals surface area contributed by atoms with Crippen LogP contribution >= 0.6 is 15.9 Å². The van der Waals surface area contributed by atoms with Crippen LogP contribution in [0.2, 0.25) is 0 Å². The molecule has 0 bridgehead atoms. The Kier molecular flexibility index (Phi) is 5.58. The van der Waals surface area contributed by atoms with Crippen LogP contribution in [0, 0.1) is 5.92 Å². The lowest BCUT2D eigenvalue weighted by atomic mass is 9.95. The molecule has 6 heteroatoms. The van der Waals surface area contributed by atoms with E-state index >= 15 is 0 Å². The summed E-state index contributed by atoms with van der Waals surface area (Å²) in [5, 5.41) is 0.957. The number of carbonyl (C=O) groups is 1. The summed E-state index contributed by atoms with van der Waals surface area (Å²) in [4.78, 5) is 17.3. The number of ether oxygens (including phenoxy) is 1. The van der Waals surface area contributed by atoms with Gasteiger partial charge in [0.2, 0.25) is 0 Å². The Morgan fingerprint density at radius 3 is 2.56 bits per heavy atom. The number of piperidine rings is 1. The molecule has 3 heterocycles. The highest BCUT2D eigenvalue weighted by Gasteiger charge is 2.29. The number of likely N-dealkylation sites (tertiary alicyclic amines) is 1. The number of halogens is 1. The van der Waals surface area contributed by atoms with Gasteiger partial charge in [0.1, 0.15) is 5.58 Å². The minimum atomic E-state index is 0.00478. The lowest BCUT2D eigenvalue weighted by Gasteiger charge is -2.39. The molecular formula is C21H27BrN2O3. The molecule has 4 rings (SSSR count). The molecule has 0 spiro atoms. The second-order valence-corrected chi connectivity index (χ2v) is 8.83. The van der Waals surface area contributed by atoms with Crippen LogP contribution in [0.4, 0.5) is 0 Å². The Labute approximate surface area is 168 Å². The number of nitrogens with zero attached hydrogens (tertiary/aromatic N) is 2. The van der Waals surface area contributed by atoms with Gasteiger partial charge in [-0.3, -0.25) is 9.69 Å². The molecule has 2 aromatic rings. The molecule has 0 saturated carbocycles. The van der Waals surface area contributed by atoms with Gasteiger partial charge in [0.15, 0.2) is 5.76 Å². The van der Waals surface area contributed by atoms with Crippen molar-refractivity contribution in [2.75, 3.05) is 32.7 Å². The first-order valence-electron chi connectivity index (χ1n) is 9.84. The number of hydrogen-bond donors (Lipinski definition) is 0. The zero-order valence-corrected chi connectivity index (χ0v) is 17.6. The fraction of sp³-hybridized carbons (Fsp3) is 0.571. The average molecular weight is 435 g/mol. The molecule has 5 nitrogen and oxygen atoms in total. The summed E-state index contributed by atoms with van der Waals surface area (Å²) in [5.74, 6) is 1.09. The van der Waals surface area contributed by atoms with Crippen molar-refractivity contribution in [2.24, 2.45) is 5.92 Å². The highest BCUT2D eigenvalue weighted by molar-refractivity contribution is 9.10. The number of benzene rings is 1. The third-order valence-electron chi connectivity index (χ3n) is 5.62. The van der Waals surface area contributed by atoms with Gasteiger partial charge >= 0.3 is 0 Å². The summed E-state index contributed by atoms with van der Waals surface area (Å²) in [6.45, 7) is 9.03. The summed E-state index contributed by atoms with van der Waals surface area (Å²) in [6, 6.07) is 7.70. The minimum absolute atomic E-state index is 0.00478. The molecule has 2 saturated heterocycles. The first-order valence-corrected chi connectivity index (χ1v) is 10.6. The Morgan fingerprint density at radius 1 is 1.19 bits per heavy atom. The van der Waals surface area contributed by atoms with E-state index in [4.69, 9.17) is 9.15 Å². The van der Waals surface area contributed by atoms with Gasteiger partial charge in [-0.2, -0.15) is 0 Å². The third kappa shape index (κ3) is 4.23. The summed E-state index contributed by atoms with van der Waals surface area (Å²) >= 11 is 3.49. The number of amides is 1. The molecule has 2 atom stereocenters. The second kappa shape index (κ2) is 7.94. The largest absolute Gasteiger partial charge is 0.450 e. The predicted octanol–water partition coefficient (Wildman–Crippen LogP) is 4.16. The Balaban J connectivity index is 1.34. The second-order valence-electron chi connectivity index (χ2n) is 7.98. The topological polar surface area (TPSA) is 45.9 Å². The molecule has 2 unspecified atom stereocenters. The van der Waals surface area contributed by atoms with Crippen molar-refractivity contribution in [3.63, 3.8) is 0 Å². The van der Waals surface area contributed by atoms with Crippen LogP contribution < -0.4 is 0 Å². The van der Waals surface area contributed by atoms with Crippen molar-refractivity contribution < 1.29 is 13.9 Å². The molecular weight excluding hydrogens is 408 g/mol. The van der Waals surface area contributed by atoms with Gasteiger partial charge < -0.3 is 14.1 Å². The smallest absolute Gasteiger partial charge is 0.289 e. The van der Waals surface area contributed by atoms with Crippen LogP contribution in [-0.4, -0.2) is 60.6 Å². The maximum absolute atomic E-state index is 12.9. The molecule has 27 heavy (non-hydrogen) atoms. The van der Waals surface area contributed by atoms with Gasteiger partial charge in [0, 0.05) is 38.1 Å². The molecule has 2 fully saturated rings. The van der Waals surface area contributed by atoms with Gasteiger partial charge in [-0.15, -0.1) is 0 Å². The zero-order chi connectivity index (χ0) is 19.0. The molecule has 1 amide bonds. The van der Waals surface area contributed by atoms with E-state index in [1.54, 1.807) is 0 Å². The molecule has 146 valence electrons. The van der Waals surface area contributed by atoms with E-state index in [1.165, 1.54) is 0 Å². The Bertz CT molecular complexity index is 803. The van der Waals surface area contributed by atoms with Gasteiger partial charge in [0.25, 0.3) is 5.91 Å². The van der Waals surface area contributed by atoms with Crippen molar-refractivity contribution in [3.8, 4) is 0 Å². The summed E-state index contributed by atoms with van der Waals surface area (Å²) in [6.07, 6.45) is 2.72. The number of para-hydroxylation sites is 1. The quantitative estimate of drug-likeness (QED) is 0.727. The van der Waals surface area contributed by atoms with Crippen molar-refractivity contribution in [2.45, 2.75) is 38.9 Å². The van der Waals surface area contributed by atoms with E-state index in [1.807, 2.05) is 29.2 Å². The van der Waals surface area contributed by atoms with Gasteiger partial charge in [-0.1, -0.05) is 12.1 Å². The van der Waals surface area contributed by atoms with Crippen LogP contribution in [0.3, 0.4) is 0 Å². The number of fused-ring (bicyclic) bond motifs is 1. The van der Waals surface area contributed by atoms with Crippen molar-refractivity contribution in [1.82, 2.24) is 9.80 Å². The number of rotatable bonds is 3. The zero-order valence-electron chi connectivity index (χ0n) is 16.0. The highest BCUT2D eigenvalue weighted by Crippen LogP contribution is 2.28. The lowest BCUT2D eigenvalue weighted by molar-refractivity contribution is -0.0729. The van der Waals surface area contributed by atoms with Gasteiger partial charge in [0.05, 0.1) is 16.7 Å². The van der Waals surface area contributed by atoms with Crippen molar-refractivity contribution in [1.29, 1.82) is 0 Å². The van der Waals surface area contributed by atoms with Gasteiger partial charge in [-0.05, 0) is 60.7 Å². The first kappa shape index (κ1) is 19.0. The Morgan fingerprint density at radius 2 is 1.89 bits per heavy atom. The average Bonchev–Trinajstić information content (AvgIpc) is 3.07. The summed E-state index contributed by atoms with van der Waals surface area (Å²) in [7, 11) is 0. The number of hydrogen-bond acceptors (Lipinski definition) is 4. The predicted molar refractivity (Wildman–Crippen MR) is 109 cm³/mol. The van der Waals surface area contributed by atoms with Crippen molar-refractivity contribution in [3.05, 3.63) is 34.5 Å². The fourth-order valence-corrected chi connectivity index (χ4v) is 4.87. The molecule has 2 aliphatic rings. The molecule has 2 aliphatic heterocycles. The minimum Gasteiger partial charge on any atom is -0.450 e. The standard InChI is InChI=1S/C21H27BrN2O3/c1-14-11-23(12-15(2)26-14)13-16-6-8-24(9-7-16)21(25)19-10-17-4-3-5-18(22)20(17)27-19/h3-5,10,14-16H,6-9,11-13H2,1-2H3. The van der Waals surface area contributed by atoms with Gasteiger partial charge in [-0.25, -0.2) is 0 Å². The fourth-order valence-electron chi connectivity index (χ4n) is 4.41. The number of furan rings is 1. The summed E-state index contributed by atoms with van der Waals surface area (Å²) in [5.41, 5.74) is 0.742.